The van der Waals surface area contributed by atoms with Crippen LogP contribution in [0.15, 0.2) is 30.5 Å². The predicted molar refractivity (Wildman–Crippen MR) is 102 cm³/mol. The number of nitrogens with zero attached hydrogens (tertiary/aromatic N) is 4. The Labute approximate surface area is 164 Å². The number of carbonyl (C=O) groups excluding carboxylic acids is 1. The van der Waals surface area contributed by atoms with Gasteiger partial charge < -0.3 is 9.64 Å². The normalized spacial score (nSPS) is 19.5. The summed E-state index contributed by atoms with van der Waals surface area (Å²) >= 11 is 0. The number of hydrogen-bond acceptors (Lipinski definition) is 5. The molecule has 0 aliphatic carbocycles. The molecular weight excluding hydrogens is 359 g/mol. The first-order chi connectivity index (χ1) is 13.6. The first-order valence-corrected chi connectivity index (χ1v) is 9.83. The average molecular weight is 384 g/mol. The summed E-state index contributed by atoms with van der Waals surface area (Å²) in [4.78, 5) is 25.2. The molecule has 2 aromatic rings. The van der Waals surface area contributed by atoms with E-state index in [4.69, 9.17) is 9.72 Å². The fourth-order valence-electron chi connectivity index (χ4n) is 3.98. The zero-order valence-electron chi connectivity index (χ0n) is 16.1. The van der Waals surface area contributed by atoms with Gasteiger partial charge in [-0.2, -0.15) is 0 Å². The largest absolute Gasteiger partial charge is 0.489 e. The van der Waals surface area contributed by atoms with E-state index in [1.807, 2.05) is 11.1 Å². The topological polar surface area (TPSA) is 58.6 Å². The van der Waals surface area contributed by atoms with Gasteiger partial charge in [0.2, 0.25) is 5.91 Å². The van der Waals surface area contributed by atoms with Crippen LogP contribution in [0.2, 0.25) is 0 Å². The van der Waals surface area contributed by atoms with Crippen LogP contribution in [-0.4, -0.2) is 51.9 Å². The molecule has 3 heterocycles. The van der Waals surface area contributed by atoms with Gasteiger partial charge in [-0.05, 0) is 31.5 Å². The Morgan fingerprint density at radius 3 is 3.00 bits per heavy atom. The molecule has 148 valence electrons. The minimum absolute atomic E-state index is 0.0894. The van der Waals surface area contributed by atoms with Crippen molar-refractivity contribution in [2.45, 2.75) is 38.8 Å². The zero-order chi connectivity index (χ0) is 19.5. The second-order valence-electron chi connectivity index (χ2n) is 7.36. The second-order valence-corrected chi connectivity index (χ2v) is 7.36. The lowest BCUT2D eigenvalue weighted by atomic mass is 10.1. The van der Waals surface area contributed by atoms with Crippen LogP contribution in [0.4, 0.5) is 4.39 Å². The summed E-state index contributed by atoms with van der Waals surface area (Å²) in [6, 6.07) is 6.64. The van der Waals surface area contributed by atoms with Gasteiger partial charge in [0.15, 0.2) is 11.6 Å². The first kappa shape index (κ1) is 18.8. The highest BCUT2D eigenvalue weighted by molar-refractivity contribution is 5.73. The van der Waals surface area contributed by atoms with E-state index < -0.39 is 0 Å². The number of para-hydroxylation sites is 1. The Kier molecular flexibility index (Phi) is 5.52. The number of carbonyl (C=O) groups is 1. The van der Waals surface area contributed by atoms with E-state index in [2.05, 4.69) is 9.88 Å². The SMILES string of the molecule is CC(=O)N1CCc2nc(C3CCCN3CCOc3ccccc3F)ncc2C1. The highest BCUT2D eigenvalue weighted by atomic mass is 19.1. The molecule has 2 aliphatic rings. The van der Waals surface area contributed by atoms with Crippen LogP contribution >= 0.6 is 0 Å². The maximum Gasteiger partial charge on any atom is 0.219 e. The van der Waals surface area contributed by atoms with Gasteiger partial charge in [-0.25, -0.2) is 14.4 Å². The molecule has 1 saturated heterocycles. The highest BCUT2D eigenvalue weighted by Crippen LogP contribution is 2.30. The third-order valence-corrected chi connectivity index (χ3v) is 5.53. The molecule has 0 spiro atoms. The summed E-state index contributed by atoms with van der Waals surface area (Å²) in [6.45, 7) is 5.00. The Balaban J connectivity index is 1.40. The molecular formula is C21H25FN4O2. The minimum Gasteiger partial charge on any atom is -0.489 e. The molecule has 6 nitrogen and oxygen atoms in total. The fraction of sp³-hybridized carbons (Fsp3) is 0.476. The molecule has 0 radical (unpaired) electrons. The Hall–Kier alpha value is -2.54. The molecule has 0 saturated carbocycles. The van der Waals surface area contributed by atoms with Crippen LogP contribution in [0, 0.1) is 5.82 Å². The van der Waals surface area contributed by atoms with Gasteiger partial charge in [-0.15, -0.1) is 0 Å². The standard InChI is InChI=1S/C21H25FN4O2/c1-15(27)26-10-8-18-16(14-26)13-23-21(24-18)19-6-4-9-25(19)11-12-28-20-7-3-2-5-17(20)22/h2-3,5,7,13,19H,4,6,8-12,14H2,1H3. The van der Waals surface area contributed by atoms with Crippen molar-refractivity contribution in [1.29, 1.82) is 0 Å². The van der Waals surface area contributed by atoms with Gasteiger partial charge in [0.05, 0.1) is 11.7 Å². The third-order valence-electron chi connectivity index (χ3n) is 5.53. The highest BCUT2D eigenvalue weighted by Gasteiger charge is 2.29. The monoisotopic (exact) mass is 384 g/mol. The van der Waals surface area contributed by atoms with Crippen molar-refractivity contribution in [2.75, 3.05) is 26.2 Å². The Morgan fingerprint density at radius 1 is 1.32 bits per heavy atom. The fourth-order valence-corrected chi connectivity index (χ4v) is 3.98. The molecule has 4 rings (SSSR count). The molecule has 1 unspecified atom stereocenters. The average Bonchev–Trinajstić information content (AvgIpc) is 3.17. The van der Waals surface area contributed by atoms with Crippen LogP contribution < -0.4 is 4.74 Å². The van der Waals surface area contributed by atoms with E-state index in [0.29, 0.717) is 32.0 Å². The Morgan fingerprint density at radius 2 is 2.18 bits per heavy atom. The molecule has 2 aliphatic heterocycles. The van der Waals surface area contributed by atoms with Crippen molar-refractivity contribution < 1.29 is 13.9 Å². The molecule has 0 N–H and O–H groups in total. The van der Waals surface area contributed by atoms with Crippen LogP contribution in [0.3, 0.4) is 0 Å². The predicted octanol–water partition coefficient (Wildman–Crippen LogP) is 2.74. The van der Waals surface area contributed by atoms with Crippen molar-refractivity contribution in [2.24, 2.45) is 0 Å². The number of likely N-dealkylation sites (tertiary alicyclic amines) is 1. The number of hydrogen-bond donors (Lipinski definition) is 0. The van der Waals surface area contributed by atoms with Crippen molar-refractivity contribution in [3.05, 3.63) is 53.4 Å². The van der Waals surface area contributed by atoms with E-state index in [0.717, 1.165) is 42.9 Å². The third kappa shape index (κ3) is 3.99. The number of aromatic nitrogens is 2. The van der Waals surface area contributed by atoms with E-state index in [1.54, 1.807) is 25.1 Å². The van der Waals surface area contributed by atoms with Gasteiger partial charge in [-0.1, -0.05) is 12.1 Å². The summed E-state index contributed by atoms with van der Waals surface area (Å²) < 4.78 is 19.3. The number of benzene rings is 1. The summed E-state index contributed by atoms with van der Waals surface area (Å²) in [5.74, 6) is 0.890. The lowest BCUT2D eigenvalue weighted by Crippen LogP contribution is -2.35. The first-order valence-electron chi connectivity index (χ1n) is 9.83. The van der Waals surface area contributed by atoms with Gasteiger partial charge in [-0.3, -0.25) is 9.69 Å². The maximum atomic E-state index is 13.7. The molecule has 1 amide bonds. The van der Waals surface area contributed by atoms with Gasteiger partial charge in [0, 0.05) is 44.7 Å². The van der Waals surface area contributed by atoms with E-state index in [9.17, 15) is 9.18 Å². The number of ether oxygens (including phenoxy) is 1. The minimum atomic E-state index is -0.335. The molecule has 0 bridgehead atoms. The molecule has 7 heteroatoms. The zero-order valence-corrected chi connectivity index (χ0v) is 16.1. The van der Waals surface area contributed by atoms with Gasteiger partial charge >= 0.3 is 0 Å². The van der Waals surface area contributed by atoms with Crippen molar-refractivity contribution in [1.82, 2.24) is 19.8 Å². The molecule has 1 aromatic heterocycles. The summed E-state index contributed by atoms with van der Waals surface area (Å²) in [7, 11) is 0. The number of fused-ring (bicyclic) bond motifs is 1. The molecule has 28 heavy (non-hydrogen) atoms. The second kappa shape index (κ2) is 8.22. The lowest BCUT2D eigenvalue weighted by molar-refractivity contribution is -0.129. The van der Waals surface area contributed by atoms with Crippen LogP contribution in [0.1, 0.15) is 42.9 Å². The van der Waals surface area contributed by atoms with Gasteiger partial charge in [0.25, 0.3) is 0 Å². The quantitative estimate of drug-likeness (QED) is 0.793. The van der Waals surface area contributed by atoms with Crippen molar-refractivity contribution >= 4 is 5.91 Å². The summed E-state index contributed by atoms with van der Waals surface area (Å²) in [5.41, 5.74) is 2.09. The van der Waals surface area contributed by atoms with E-state index in [1.165, 1.54) is 6.07 Å². The van der Waals surface area contributed by atoms with Crippen LogP contribution in [-0.2, 0) is 17.8 Å². The van der Waals surface area contributed by atoms with Gasteiger partial charge in [0.1, 0.15) is 12.4 Å². The summed E-state index contributed by atoms with van der Waals surface area (Å²) in [5, 5.41) is 0. The number of halogens is 1. The smallest absolute Gasteiger partial charge is 0.219 e. The van der Waals surface area contributed by atoms with Crippen LogP contribution in [0.25, 0.3) is 0 Å². The van der Waals surface area contributed by atoms with Crippen molar-refractivity contribution in [3.63, 3.8) is 0 Å². The molecule has 1 aromatic carbocycles. The molecule has 1 atom stereocenters. The number of rotatable bonds is 5. The lowest BCUT2D eigenvalue weighted by Gasteiger charge is -2.28. The summed E-state index contributed by atoms with van der Waals surface area (Å²) in [6.07, 6.45) is 4.74. The Bertz CT molecular complexity index is 860. The van der Waals surface area contributed by atoms with Crippen molar-refractivity contribution in [3.8, 4) is 5.75 Å². The van der Waals surface area contributed by atoms with Crippen LogP contribution in [0.5, 0.6) is 5.75 Å². The van der Waals surface area contributed by atoms with E-state index >= 15 is 0 Å². The van der Waals surface area contributed by atoms with E-state index in [-0.39, 0.29) is 17.8 Å². The molecule has 1 fully saturated rings. The maximum absolute atomic E-state index is 13.7. The number of amides is 1.